The molecule has 5 rings (SSSR count). The predicted octanol–water partition coefficient (Wildman–Crippen LogP) is 6.40. The first-order valence-corrected chi connectivity index (χ1v) is 9.51. The average molecular weight is 385 g/mol. The fourth-order valence-electron chi connectivity index (χ4n) is 3.98. The third-order valence-corrected chi connectivity index (χ3v) is 5.58. The van der Waals surface area contributed by atoms with Gasteiger partial charge < -0.3 is 9.84 Å². The van der Waals surface area contributed by atoms with Crippen molar-refractivity contribution in [2.75, 3.05) is 0 Å². The first-order chi connectivity index (χ1) is 13.7. The zero-order valence-electron chi connectivity index (χ0n) is 15.0. The maximum absolute atomic E-state index is 12.3. The molecule has 0 unspecified atom stereocenters. The molecule has 1 aliphatic heterocycles. The molecule has 136 valence electrons. The Morgan fingerprint density at radius 2 is 1.04 bits per heavy atom. The van der Waals surface area contributed by atoms with Gasteiger partial charge >= 0.3 is 0 Å². The van der Waals surface area contributed by atoms with E-state index < -0.39 is 5.60 Å². The summed E-state index contributed by atoms with van der Waals surface area (Å²) in [7, 11) is 0. The van der Waals surface area contributed by atoms with E-state index in [2.05, 4.69) is 0 Å². The number of hydrogen-bond donors (Lipinski definition) is 1. The van der Waals surface area contributed by atoms with Crippen LogP contribution < -0.4 is 4.74 Å². The Bertz CT molecular complexity index is 1140. The van der Waals surface area contributed by atoms with Crippen molar-refractivity contribution in [2.45, 2.75) is 5.60 Å². The van der Waals surface area contributed by atoms with Gasteiger partial charge in [-0.25, -0.2) is 0 Å². The number of aliphatic hydroxyl groups is 1. The highest BCUT2D eigenvalue weighted by atomic mass is 35.5. The Hall–Kier alpha value is -3.07. The van der Waals surface area contributed by atoms with Crippen molar-refractivity contribution in [1.82, 2.24) is 0 Å². The molecule has 0 saturated carbocycles. The van der Waals surface area contributed by atoms with Crippen LogP contribution in [0.1, 0.15) is 16.7 Å². The molecular formula is C25H17ClO2. The minimum atomic E-state index is -1.36. The Morgan fingerprint density at radius 3 is 1.64 bits per heavy atom. The van der Waals surface area contributed by atoms with Gasteiger partial charge in [0.15, 0.2) is 0 Å². The number of para-hydroxylation sites is 2. The van der Waals surface area contributed by atoms with Gasteiger partial charge in [-0.1, -0.05) is 90.5 Å². The molecule has 0 fully saturated rings. The number of rotatable bonds is 2. The monoisotopic (exact) mass is 384 g/mol. The number of benzene rings is 4. The molecule has 28 heavy (non-hydrogen) atoms. The van der Waals surface area contributed by atoms with Crippen LogP contribution >= 0.6 is 11.6 Å². The highest BCUT2D eigenvalue weighted by molar-refractivity contribution is 6.33. The molecule has 0 amide bonds. The lowest BCUT2D eigenvalue weighted by molar-refractivity contribution is 0.113. The van der Waals surface area contributed by atoms with Gasteiger partial charge in [0, 0.05) is 27.3 Å². The second-order valence-corrected chi connectivity index (χ2v) is 7.24. The van der Waals surface area contributed by atoms with Crippen LogP contribution in [-0.2, 0) is 5.60 Å². The second kappa shape index (κ2) is 6.52. The zero-order chi connectivity index (χ0) is 19.1. The summed E-state index contributed by atoms with van der Waals surface area (Å²) in [5, 5.41) is 12.9. The van der Waals surface area contributed by atoms with E-state index in [4.69, 9.17) is 16.3 Å². The minimum Gasteiger partial charge on any atom is -0.457 e. The van der Waals surface area contributed by atoms with E-state index in [1.807, 2.05) is 97.1 Å². The van der Waals surface area contributed by atoms with Crippen LogP contribution in [0.2, 0.25) is 5.02 Å². The third kappa shape index (κ3) is 2.46. The molecule has 0 spiro atoms. The van der Waals surface area contributed by atoms with Gasteiger partial charge in [0.1, 0.15) is 17.1 Å². The molecule has 1 N–H and O–H groups in total. The highest BCUT2D eigenvalue weighted by Gasteiger charge is 2.43. The first-order valence-electron chi connectivity index (χ1n) is 9.13. The molecule has 1 aliphatic rings. The summed E-state index contributed by atoms with van der Waals surface area (Å²) in [4.78, 5) is 0. The molecule has 0 aliphatic carbocycles. The van der Waals surface area contributed by atoms with E-state index >= 15 is 0 Å². The number of halogens is 1. The van der Waals surface area contributed by atoms with Crippen LogP contribution in [0.4, 0.5) is 0 Å². The second-order valence-electron chi connectivity index (χ2n) is 6.83. The van der Waals surface area contributed by atoms with E-state index in [9.17, 15) is 5.11 Å². The summed E-state index contributed by atoms with van der Waals surface area (Å²) in [6, 6.07) is 30.8. The summed E-state index contributed by atoms with van der Waals surface area (Å²) in [5.74, 6) is 1.30. The molecule has 2 nitrogen and oxygen atoms in total. The van der Waals surface area contributed by atoms with Crippen molar-refractivity contribution in [2.24, 2.45) is 0 Å². The van der Waals surface area contributed by atoms with E-state index in [1.165, 1.54) is 0 Å². The molecule has 4 aromatic rings. The van der Waals surface area contributed by atoms with Crippen LogP contribution in [0.15, 0.2) is 97.1 Å². The van der Waals surface area contributed by atoms with E-state index in [1.54, 1.807) is 0 Å². The molecule has 0 bridgehead atoms. The Labute approximate surface area is 168 Å². The minimum absolute atomic E-state index is 0.646. The maximum atomic E-state index is 12.3. The fourth-order valence-corrected chi connectivity index (χ4v) is 4.21. The van der Waals surface area contributed by atoms with Crippen molar-refractivity contribution in [3.63, 3.8) is 0 Å². The van der Waals surface area contributed by atoms with E-state index in [0.29, 0.717) is 27.6 Å². The van der Waals surface area contributed by atoms with Gasteiger partial charge in [-0.15, -0.1) is 0 Å². The molecule has 4 aromatic carbocycles. The SMILES string of the molecule is OC1(c2ccccc2-c2ccccc2Cl)c2ccccc2Oc2ccccc21. The van der Waals surface area contributed by atoms with Gasteiger partial charge in [0.2, 0.25) is 0 Å². The molecule has 3 heteroatoms. The van der Waals surface area contributed by atoms with E-state index in [-0.39, 0.29) is 0 Å². The zero-order valence-corrected chi connectivity index (χ0v) is 15.7. The van der Waals surface area contributed by atoms with Gasteiger partial charge in [-0.3, -0.25) is 0 Å². The van der Waals surface area contributed by atoms with E-state index in [0.717, 1.165) is 16.7 Å². The lowest BCUT2D eigenvalue weighted by atomic mass is 9.75. The summed E-state index contributed by atoms with van der Waals surface area (Å²) in [5.41, 5.74) is 2.62. The van der Waals surface area contributed by atoms with Crippen molar-refractivity contribution >= 4 is 11.6 Å². The van der Waals surface area contributed by atoms with Gasteiger partial charge in [0.05, 0.1) is 0 Å². The van der Waals surface area contributed by atoms with Crippen molar-refractivity contribution in [3.8, 4) is 22.6 Å². The molecule has 0 atom stereocenters. The lowest BCUT2D eigenvalue weighted by Crippen LogP contribution is -2.33. The third-order valence-electron chi connectivity index (χ3n) is 5.25. The maximum Gasteiger partial charge on any atom is 0.148 e. The molecule has 0 aromatic heterocycles. The van der Waals surface area contributed by atoms with Crippen LogP contribution in [-0.4, -0.2) is 5.11 Å². The Kier molecular flexibility index (Phi) is 3.97. The van der Waals surface area contributed by atoms with Gasteiger partial charge in [0.25, 0.3) is 0 Å². The van der Waals surface area contributed by atoms with Crippen LogP contribution in [0.25, 0.3) is 11.1 Å². The number of fused-ring (bicyclic) bond motifs is 2. The molecular weight excluding hydrogens is 368 g/mol. The van der Waals surface area contributed by atoms with Gasteiger partial charge in [-0.05, 0) is 23.8 Å². The summed E-state index contributed by atoms with van der Waals surface area (Å²) in [6.45, 7) is 0. The summed E-state index contributed by atoms with van der Waals surface area (Å²) in [6.07, 6.45) is 0. The number of hydrogen-bond acceptors (Lipinski definition) is 2. The van der Waals surface area contributed by atoms with Crippen molar-refractivity contribution in [1.29, 1.82) is 0 Å². The standard InChI is InChI=1S/C25H17ClO2/c26-22-14-6-2-10-18(22)17-9-1-3-11-19(17)25(27)20-12-4-7-15-23(20)28-24-16-8-5-13-21(24)25/h1-16,27H. The summed E-state index contributed by atoms with van der Waals surface area (Å²) >= 11 is 6.51. The fraction of sp³-hybridized carbons (Fsp3) is 0.0400. The van der Waals surface area contributed by atoms with Crippen LogP contribution in [0.3, 0.4) is 0 Å². The molecule has 0 saturated heterocycles. The Morgan fingerprint density at radius 1 is 0.571 bits per heavy atom. The topological polar surface area (TPSA) is 29.5 Å². The number of ether oxygens (including phenoxy) is 1. The summed E-state index contributed by atoms with van der Waals surface area (Å²) < 4.78 is 6.08. The quantitative estimate of drug-likeness (QED) is 0.433. The smallest absolute Gasteiger partial charge is 0.148 e. The predicted molar refractivity (Wildman–Crippen MR) is 112 cm³/mol. The van der Waals surface area contributed by atoms with Crippen molar-refractivity contribution < 1.29 is 9.84 Å². The largest absolute Gasteiger partial charge is 0.457 e. The van der Waals surface area contributed by atoms with Crippen LogP contribution in [0, 0.1) is 0 Å². The van der Waals surface area contributed by atoms with Gasteiger partial charge in [-0.2, -0.15) is 0 Å². The normalized spacial score (nSPS) is 13.9. The lowest BCUT2D eigenvalue weighted by Gasteiger charge is -2.37. The van der Waals surface area contributed by atoms with Crippen LogP contribution in [0.5, 0.6) is 11.5 Å². The highest BCUT2D eigenvalue weighted by Crippen LogP contribution is 2.52. The molecule has 1 heterocycles. The van der Waals surface area contributed by atoms with Crippen molar-refractivity contribution in [3.05, 3.63) is 119 Å². The Balaban J connectivity index is 1.85. The molecule has 0 radical (unpaired) electrons. The average Bonchev–Trinajstić information content (AvgIpc) is 2.74. The first kappa shape index (κ1) is 17.1.